The van der Waals surface area contributed by atoms with E-state index in [2.05, 4.69) is 46.2 Å². The normalized spacial score (nSPS) is 32.8. The van der Waals surface area contributed by atoms with Crippen molar-refractivity contribution in [3.63, 3.8) is 0 Å². The highest BCUT2D eigenvalue weighted by Gasteiger charge is 2.51. The van der Waals surface area contributed by atoms with Crippen molar-refractivity contribution in [2.45, 2.75) is 30.8 Å². The van der Waals surface area contributed by atoms with Crippen LogP contribution in [0.25, 0.3) is 0 Å². The number of piperidine rings is 1. The minimum absolute atomic E-state index is 0.282. The molecule has 0 aliphatic carbocycles. The second-order valence-corrected chi connectivity index (χ2v) is 8.23. The van der Waals surface area contributed by atoms with Gasteiger partial charge in [-0.15, -0.1) is 0 Å². The summed E-state index contributed by atoms with van der Waals surface area (Å²) in [6.07, 6.45) is 4.22. The van der Waals surface area contributed by atoms with Gasteiger partial charge in [0.1, 0.15) is 5.76 Å². The molecule has 26 heavy (non-hydrogen) atoms. The van der Waals surface area contributed by atoms with Crippen molar-refractivity contribution in [3.05, 3.63) is 60.1 Å². The van der Waals surface area contributed by atoms with Gasteiger partial charge in [-0.05, 0) is 43.0 Å². The number of fused-ring (bicyclic) bond motifs is 1. The molecule has 3 aliphatic heterocycles. The smallest absolute Gasteiger partial charge is 0.117 e. The SMILES string of the molecule is c1ccc([C@]23CCN([C@@H]4CCOC4)C[C@H]2CN(Cc2ccco2)C3)cc1. The van der Waals surface area contributed by atoms with Crippen LogP contribution in [0.2, 0.25) is 0 Å². The summed E-state index contributed by atoms with van der Waals surface area (Å²) < 4.78 is 11.3. The Morgan fingerprint density at radius 1 is 1.08 bits per heavy atom. The Balaban J connectivity index is 1.40. The minimum Gasteiger partial charge on any atom is -0.468 e. The van der Waals surface area contributed by atoms with Crippen LogP contribution in [0.5, 0.6) is 0 Å². The fraction of sp³-hybridized carbons (Fsp3) is 0.545. The predicted molar refractivity (Wildman–Crippen MR) is 101 cm³/mol. The van der Waals surface area contributed by atoms with Gasteiger partial charge in [0, 0.05) is 37.7 Å². The molecule has 3 saturated heterocycles. The average Bonchev–Trinajstić information content (AvgIpc) is 3.43. The lowest BCUT2D eigenvalue weighted by molar-refractivity contribution is 0.0740. The number of hydrogen-bond donors (Lipinski definition) is 0. The van der Waals surface area contributed by atoms with Gasteiger partial charge in [-0.25, -0.2) is 0 Å². The van der Waals surface area contributed by atoms with Crippen molar-refractivity contribution in [2.24, 2.45) is 5.92 Å². The van der Waals surface area contributed by atoms with E-state index in [1.54, 1.807) is 6.26 Å². The molecule has 2 aromatic rings. The van der Waals surface area contributed by atoms with Crippen molar-refractivity contribution in [3.8, 4) is 0 Å². The zero-order valence-electron chi connectivity index (χ0n) is 15.3. The third kappa shape index (κ3) is 2.90. The number of likely N-dealkylation sites (tertiary alicyclic amines) is 2. The Kier molecular flexibility index (Phi) is 4.35. The molecule has 3 fully saturated rings. The number of ether oxygens (including phenoxy) is 1. The molecule has 0 N–H and O–H groups in total. The molecule has 4 nitrogen and oxygen atoms in total. The van der Waals surface area contributed by atoms with Gasteiger partial charge in [-0.1, -0.05) is 30.3 Å². The third-order valence-corrected chi connectivity index (χ3v) is 6.80. The highest BCUT2D eigenvalue weighted by atomic mass is 16.5. The molecule has 4 heteroatoms. The molecular formula is C22H28N2O2. The van der Waals surface area contributed by atoms with Gasteiger partial charge in [0.25, 0.3) is 0 Å². The molecule has 0 radical (unpaired) electrons. The quantitative estimate of drug-likeness (QED) is 0.845. The fourth-order valence-corrected chi connectivity index (χ4v) is 5.44. The lowest BCUT2D eigenvalue weighted by atomic mass is 9.67. The van der Waals surface area contributed by atoms with Crippen LogP contribution in [0.15, 0.2) is 53.1 Å². The van der Waals surface area contributed by atoms with Crippen LogP contribution in [-0.4, -0.2) is 55.2 Å². The van der Waals surface area contributed by atoms with Crippen LogP contribution in [0.3, 0.4) is 0 Å². The van der Waals surface area contributed by atoms with E-state index in [4.69, 9.17) is 9.15 Å². The molecule has 1 aromatic carbocycles. The lowest BCUT2D eigenvalue weighted by Crippen LogP contribution is -2.52. The number of nitrogens with zero attached hydrogens (tertiary/aromatic N) is 2. The van der Waals surface area contributed by atoms with Crippen LogP contribution in [-0.2, 0) is 16.7 Å². The molecular weight excluding hydrogens is 324 g/mol. The first-order chi connectivity index (χ1) is 12.8. The second kappa shape index (κ2) is 6.84. The summed E-state index contributed by atoms with van der Waals surface area (Å²) in [6.45, 7) is 7.44. The Labute approximate surface area is 155 Å². The summed E-state index contributed by atoms with van der Waals surface area (Å²) >= 11 is 0. The van der Waals surface area contributed by atoms with E-state index in [-0.39, 0.29) is 5.41 Å². The topological polar surface area (TPSA) is 28.9 Å². The number of furan rings is 1. The minimum atomic E-state index is 0.282. The van der Waals surface area contributed by atoms with E-state index in [9.17, 15) is 0 Å². The second-order valence-electron chi connectivity index (χ2n) is 8.23. The maximum Gasteiger partial charge on any atom is 0.117 e. The third-order valence-electron chi connectivity index (χ3n) is 6.80. The first kappa shape index (κ1) is 16.5. The molecule has 0 unspecified atom stereocenters. The van der Waals surface area contributed by atoms with E-state index >= 15 is 0 Å². The van der Waals surface area contributed by atoms with E-state index in [1.807, 2.05) is 6.07 Å². The maximum absolute atomic E-state index is 5.66. The van der Waals surface area contributed by atoms with E-state index in [0.717, 1.165) is 38.6 Å². The van der Waals surface area contributed by atoms with E-state index in [1.165, 1.54) is 31.5 Å². The van der Waals surface area contributed by atoms with Crippen LogP contribution in [0.4, 0.5) is 0 Å². The number of benzene rings is 1. The van der Waals surface area contributed by atoms with Gasteiger partial charge in [0.05, 0.1) is 19.4 Å². The first-order valence-electron chi connectivity index (χ1n) is 9.95. The van der Waals surface area contributed by atoms with E-state index in [0.29, 0.717) is 12.0 Å². The van der Waals surface area contributed by atoms with Crippen LogP contribution in [0, 0.1) is 5.92 Å². The number of rotatable bonds is 4. The van der Waals surface area contributed by atoms with Crippen LogP contribution in [0.1, 0.15) is 24.2 Å². The maximum atomic E-state index is 5.66. The predicted octanol–water partition coefficient (Wildman–Crippen LogP) is 3.14. The highest BCUT2D eigenvalue weighted by Crippen LogP contribution is 2.46. The van der Waals surface area contributed by atoms with Crippen molar-refractivity contribution >= 4 is 0 Å². The van der Waals surface area contributed by atoms with Crippen LogP contribution >= 0.6 is 0 Å². The Morgan fingerprint density at radius 3 is 2.77 bits per heavy atom. The van der Waals surface area contributed by atoms with E-state index < -0.39 is 0 Å². The summed E-state index contributed by atoms with van der Waals surface area (Å²) in [4.78, 5) is 5.31. The molecule has 3 aliphatic rings. The van der Waals surface area contributed by atoms with Crippen molar-refractivity contribution in [1.29, 1.82) is 0 Å². The first-order valence-corrected chi connectivity index (χ1v) is 9.95. The monoisotopic (exact) mass is 352 g/mol. The van der Waals surface area contributed by atoms with Crippen molar-refractivity contribution < 1.29 is 9.15 Å². The standard InChI is InChI=1S/C22H28N2O2/c1-2-5-18(6-3-1)22-9-10-24(20-8-12-25-16-20)14-19(22)13-23(17-22)15-21-7-4-11-26-21/h1-7,11,19-20H,8-10,12-17H2/t19-,20-,22-/m1/s1. The van der Waals surface area contributed by atoms with Gasteiger partial charge in [0.2, 0.25) is 0 Å². The molecule has 5 rings (SSSR count). The molecule has 3 atom stereocenters. The molecule has 1 aromatic heterocycles. The Morgan fingerprint density at radius 2 is 2.00 bits per heavy atom. The molecule has 0 spiro atoms. The largest absolute Gasteiger partial charge is 0.468 e. The van der Waals surface area contributed by atoms with Crippen molar-refractivity contribution in [2.75, 3.05) is 39.4 Å². The molecule has 138 valence electrons. The van der Waals surface area contributed by atoms with Crippen molar-refractivity contribution in [1.82, 2.24) is 9.80 Å². The molecule has 0 bridgehead atoms. The van der Waals surface area contributed by atoms with Gasteiger partial charge in [-0.2, -0.15) is 0 Å². The highest BCUT2D eigenvalue weighted by molar-refractivity contribution is 5.30. The zero-order chi connectivity index (χ0) is 17.4. The summed E-state index contributed by atoms with van der Waals surface area (Å²) in [5.74, 6) is 1.75. The summed E-state index contributed by atoms with van der Waals surface area (Å²) in [5, 5.41) is 0. The van der Waals surface area contributed by atoms with Gasteiger partial charge >= 0.3 is 0 Å². The Hall–Kier alpha value is -1.62. The molecule has 4 heterocycles. The number of hydrogen-bond acceptors (Lipinski definition) is 4. The summed E-state index contributed by atoms with van der Waals surface area (Å²) in [7, 11) is 0. The zero-order valence-corrected chi connectivity index (χ0v) is 15.3. The lowest BCUT2D eigenvalue weighted by Gasteiger charge is -2.45. The summed E-state index contributed by atoms with van der Waals surface area (Å²) in [5.41, 5.74) is 1.80. The van der Waals surface area contributed by atoms with Gasteiger partial charge in [0.15, 0.2) is 0 Å². The fourth-order valence-electron chi connectivity index (χ4n) is 5.44. The average molecular weight is 352 g/mol. The van der Waals surface area contributed by atoms with Gasteiger partial charge < -0.3 is 9.15 Å². The molecule has 0 amide bonds. The van der Waals surface area contributed by atoms with Gasteiger partial charge in [-0.3, -0.25) is 9.80 Å². The Bertz CT molecular complexity index is 711. The van der Waals surface area contributed by atoms with Crippen LogP contribution < -0.4 is 0 Å². The molecule has 0 saturated carbocycles. The summed E-state index contributed by atoms with van der Waals surface area (Å²) in [6, 6.07) is 15.9.